The summed E-state index contributed by atoms with van der Waals surface area (Å²) in [6, 6.07) is 13.2. The lowest BCUT2D eigenvalue weighted by atomic mass is 9.99. The Balaban J connectivity index is 2.26. The highest BCUT2D eigenvalue weighted by atomic mass is 35.5. The van der Waals surface area contributed by atoms with Crippen molar-refractivity contribution in [2.45, 2.75) is 51.3 Å². The fourth-order valence-corrected chi connectivity index (χ4v) is 4.91. The summed E-state index contributed by atoms with van der Waals surface area (Å²) in [5.41, 5.74) is 1.24. The molecule has 1 amide bonds. The highest BCUT2D eigenvalue weighted by Gasteiger charge is 2.28. The quantitative estimate of drug-likeness (QED) is 0.513. The second kappa shape index (κ2) is 11.4. The van der Waals surface area contributed by atoms with Crippen LogP contribution in [0.4, 0.5) is 5.69 Å². The van der Waals surface area contributed by atoms with Gasteiger partial charge in [-0.25, -0.2) is 8.42 Å². The Morgan fingerprint density at radius 3 is 2.37 bits per heavy atom. The van der Waals surface area contributed by atoms with E-state index in [0.29, 0.717) is 12.5 Å². The number of aryl methyl sites for hydroxylation is 1. The number of para-hydroxylation sites is 1. The molecule has 2 aromatic rings. The van der Waals surface area contributed by atoms with Gasteiger partial charge in [0.15, 0.2) is 0 Å². The molecule has 7 heteroatoms. The summed E-state index contributed by atoms with van der Waals surface area (Å²) < 4.78 is 27.8. The zero-order valence-corrected chi connectivity index (χ0v) is 19.5. The molecule has 0 bridgehead atoms. The summed E-state index contributed by atoms with van der Waals surface area (Å²) in [6.45, 7) is 6.34. The predicted molar refractivity (Wildman–Crippen MR) is 123 cm³/mol. The predicted octanol–water partition coefficient (Wildman–Crippen LogP) is 5.18. The fraction of sp³-hybridized carbons (Fsp3) is 0.435. The zero-order chi connectivity index (χ0) is 22.1. The summed E-state index contributed by atoms with van der Waals surface area (Å²) in [4.78, 5) is 12.8. The molecule has 1 atom stereocenters. The Hall–Kier alpha value is -2.05. The van der Waals surface area contributed by atoms with Gasteiger partial charge in [-0.05, 0) is 43.5 Å². The van der Waals surface area contributed by atoms with E-state index in [2.05, 4.69) is 19.2 Å². The van der Waals surface area contributed by atoms with Gasteiger partial charge in [-0.3, -0.25) is 9.10 Å². The van der Waals surface area contributed by atoms with Crippen molar-refractivity contribution in [2.24, 2.45) is 5.92 Å². The second-order valence-electron chi connectivity index (χ2n) is 7.50. The molecule has 0 aliphatic heterocycles. The minimum atomic E-state index is -3.96. The zero-order valence-electron chi connectivity index (χ0n) is 17.9. The fourth-order valence-electron chi connectivity index (χ4n) is 3.18. The first-order valence-electron chi connectivity index (χ1n) is 10.4. The summed E-state index contributed by atoms with van der Waals surface area (Å²) in [5, 5.41) is 3.18. The number of benzene rings is 2. The van der Waals surface area contributed by atoms with Crippen LogP contribution in [0.5, 0.6) is 0 Å². The molecule has 0 spiro atoms. The molecule has 0 radical (unpaired) electrons. The van der Waals surface area contributed by atoms with E-state index < -0.39 is 10.0 Å². The molecular weight excluding hydrogens is 420 g/mol. The maximum atomic E-state index is 13.4. The van der Waals surface area contributed by atoms with E-state index in [1.807, 2.05) is 6.92 Å². The Kier molecular flexibility index (Phi) is 9.18. The Morgan fingerprint density at radius 1 is 1.10 bits per heavy atom. The third-order valence-electron chi connectivity index (χ3n) is 5.15. The van der Waals surface area contributed by atoms with Gasteiger partial charge in [-0.15, -0.1) is 0 Å². The molecule has 0 fully saturated rings. The smallest absolute Gasteiger partial charge is 0.264 e. The van der Waals surface area contributed by atoms with Crippen molar-refractivity contribution < 1.29 is 13.2 Å². The minimum Gasteiger partial charge on any atom is -0.354 e. The van der Waals surface area contributed by atoms with Crippen LogP contribution >= 0.6 is 11.6 Å². The van der Waals surface area contributed by atoms with E-state index in [1.54, 1.807) is 48.5 Å². The molecular formula is C23H31ClN2O3S. The highest BCUT2D eigenvalue weighted by molar-refractivity contribution is 7.92. The molecule has 0 heterocycles. The Morgan fingerprint density at radius 2 is 1.77 bits per heavy atom. The van der Waals surface area contributed by atoms with E-state index >= 15 is 0 Å². The van der Waals surface area contributed by atoms with Crippen molar-refractivity contribution in [3.05, 3.63) is 59.1 Å². The summed E-state index contributed by atoms with van der Waals surface area (Å²) in [6.07, 6.45) is 4.24. The lowest BCUT2D eigenvalue weighted by Gasteiger charge is -2.25. The van der Waals surface area contributed by atoms with E-state index in [0.717, 1.165) is 35.6 Å². The van der Waals surface area contributed by atoms with Crippen molar-refractivity contribution >= 4 is 33.2 Å². The number of nitrogens with one attached hydrogen (secondary N) is 1. The number of rotatable bonds is 11. The Bertz CT molecular complexity index is 930. The van der Waals surface area contributed by atoms with E-state index in [9.17, 15) is 13.2 Å². The second-order valence-corrected chi connectivity index (χ2v) is 9.77. The number of halogens is 1. The van der Waals surface area contributed by atoms with Crippen LogP contribution in [-0.4, -0.2) is 27.4 Å². The maximum Gasteiger partial charge on any atom is 0.264 e. The number of unbranched alkanes of at least 4 members (excludes halogenated alkanes) is 1. The van der Waals surface area contributed by atoms with Crippen molar-refractivity contribution in [3.63, 3.8) is 0 Å². The third-order valence-corrected chi connectivity index (χ3v) is 7.24. The van der Waals surface area contributed by atoms with Crippen LogP contribution in [0.3, 0.4) is 0 Å². The Labute approximate surface area is 185 Å². The summed E-state index contributed by atoms with van der Waals surface area (Å²) in [7, 11) is -3.96. The summed E-state index contributed by atoms with van der Waals surface area (Å²) >= 11 is 6.29. The number of anilines is 1. The summed E-state index contributed by atoms with van der Waals surface area (Å²) in [5.74, 6) is 0.0388. The number of hydrogen-bond acceptors (Lipinski definition) is 3. The molecule has 2 aromatic carbocycles. The van der Waals surface area contributed by atoms with Crippen LogP contribution in [0.25, 0.3) is 0 Å². The number of sulfonamides is 1. The first-order valence-corrected chi connectivity index (χ1v) is 12.2. The molecule has 0 saturated carbocycles. The van der Waals surface area contributed by atoms with Crippen LogP contribution in [0.15, 0.2) is 53.4 Å². The van der Waals surface area contributed by atoms with Gasteiger partial charge >= 0.3 is 0 Å². The van der Waals surface area contributed by atoms with Crippen LogP contribution in [0.2, 0.25) is 5.02 Å². The van der Waals surface area contributed by atoms with Crippen molar-refractivity contribution in [2.75, 3.05) is 17.4 Å². The number of carbonyl (C=O) groups is 1. The van der Waals surface area contributed by atoms with Gasteiger partial charge in [-0.1, -0.05) is 74.5 Å². The number of amides is 1. The maximum absolute atomic E-state index is 13.4. The monoisotopic (exact) mass is 450 g/mol. The molecule has 164 valence electrons. The molecule has 0 unspecified atom stereocenters. The molecule has 0 aromatic heterocycles. The first kappa shape index (κ1) is 24.2. The molecule has 2 rings (SSSR count). The molecule has 0 aliphatic carbocycles. The lowest BCUT2D eigenvalue weighted by Crippen LogP contribution is -2.42. The third kappa shape index (κ3) is 6.47. The largest absolute Gasteiger partial charge is 0.354 e. The highest BCUT2D eigenvalue weighted by Crippen LogP contribution is 2.30. The number of carbonyl (C=O) groups excluding carboxylic acids is 1. The topological polar surface area (TPSA) is 66.5 Å². The van der Waals surface area contributed by atoms with Crippen LogP contribution in [0.1, 0.15) is 45.1 Å². The average Bonchev–Trinajstić information content (AvgIpc) is 2.73. The van der Waals surface area contributed by atoms with Crippen molar-refractivity contribution in [1.29, 1.82) is 0 Å². The standard InChI is InChI=1S/C23H31ClN2O3S/c1-4-6-9-19(5-2)16-25-23(27)17-26(22-11-8-7-10-21(22)24)30(28,29)20-14-12-18(3)13-15-20/h7-8,10-15,19H,4-6,9,16-17H2,1-3H3,(H,25,27)/t19-/m0/s1. The first-order chi connectivity index (χ1) is 14.3. The van der Waals surface area contributed by atoms with Crippen LogP contribution < -0.4 is 9.62 Å². The SMILES string of the molecule is CCCC[C@H](CC)CNC(=O)CN(c1ccccc1Cl)S(=O)(=O)c1ccc(C)cc1. The average molecular weight is 451 g/mol. The normalized spacial score (nSPS) is 12.4. The minimum absolute atomic E-state index is 0.121. The lowest BCUT2D eigenvalue weighted by molar-refractivity contribution is -0.119. The van der Waals surface area contributed by atoms with Gasteiger partial charge in [-0.2, -0.15) is 0 Å². The van der Waals surface area contributed by atoms with Gasteiger partial charge in [0, 0.05) is 6.54 Å². The molecule has 0 saturated heterocycles. The van der Waals surface area contributed by atoms with Crippen LogP contribution in [0, 0.1) is 12.8 Å². The van der Waals surface area contributed by atoms with E-state index in [1.165, 1.54) is 0 Å². The molecule has 0 aliphatic rings. The molecule has 5 nitrogen and oxygen atoms in total. The van der Waals surface area contributed by atoms with Gasteiger partial charge in [0.2, 0.25) is 5.91 Å². The van der Waals surface area contributed by atoms with E-state index in [-0.39, 0.29) is 28.1 Å². The number of hydrogen-bond donors (Lipinski definition) is 1. The number of nitrogens with zero attached hydrogens (tertiary/aromatic N) is 1. The van der Waals surface area contributed by atoms with Gasteiger partial charge < -0.3 is 5.32 Å². The van der Waals surface area contributed by atoms with Crippen molar-refractivity contribution in [1.82, 2.24) is 5.32 Å². The molecule has 1 N–H and O–H groups in total. The van der Waals surface area contributed by atoms with Crippen LogP contribution in [-0.2, 0) is 14.8 Å². The molecule has 30 heavy (non-hydrogen) atoms. The van der Waals surface area contributed by atoms with Gasteiger partial charge in [0.1, 0.15) is 6.54 Å². The van der Waals surface area contributed by atoms with E-state index in [4.69, 9.17) is 11.6 Å². The van der Waals surface area contributed by atoms with Gasteiger partial charge in [0.25, 0.3) is 10.0 Å². The van der Waals surface area contributed by atoms with Gasteiger partial charge in [0.05, 0.1) is 15.6 Å². The van der Waals surface area contributed by atoms with Crippen molar-refractivity contribution in [3.8, 4) is 0 Å².